The number of carbonyl (C=O) groups is 1. The largest absolute Gasteiger partial charge is 0.379 e. The highest BCUT2D eigenvalue weighted by molar-refractivity contribution is 7.99. The number of hydrogen-bond donors (Lipinski definition) is 1. The monoisotopic (exact) mass is 418 g/mol. The maximum atomic E-state index is 13.2. The summed E-state index contributed by atoms with van der Waals surface area (Å²) in [6.07, 6.45) is 0.835. The highest BCUT2D eigenvalue weighted by atomic mass is 32.2. The van der Waals surface area contributed by atoms with Gasteiger partial charge in [0, 0.05) is 36.3 Å². The summed E-state index contributed by atoms with van der Waals surface area (Å²) < 4.78 is 8.79. The van der Waals surface area contributed by atoms with Gasteiger partial charge >= 0.3 is 0 Å². The van der Waals surface area contributed by atoms with Gasteiger partial charge in [-0.25, -0.2) is 4.98 Å². The van der Waals surface area contributed by atoms with Gasteiger partial charge in [0.05, 0.1) is 24.5 Å². The van der Waals surface area contributed by atoms with Crippen LogP contribution < -0.4 is 11.3 Å². The number of nitrogens with zero attached hydrogens (tertiary/aromatic N) is 3. The van der Waals surface area contributed by atoms with Crippen LogP contribution in [0.1, 0.15) is 6.42 Å². The topological polar surface area (TPSA) is 90.5 Å². The van der Waals surface area contributed by atoms with Gasteiger partial charge in [0.15, 0.2) is 5.16 Å². The second kappa shape index (κ2) is 8.60. The summed E-state index contributed by atoms with van der Waals surface area (Å²) >= 11 is 2.70. The summed E-state index contributed by atoms with van der Waals surface area (Å²) in [4.78, 5) is 31.6. The molecule has 1 fully saturated rings. The number of benzene rings is 1. The summed E-state index contributed by atoms with van der Waals surface area (Å²) in [6.45, 7) is 4.83. The fourth-order valence-corrected chi connectivity index (χ4v) is 5.22. The molecule has 0 saturated carbocycles. The number of ether oxygens (including phenoxy) is 1. The van der Waals surface area contributed by atoms with Crippen LogP contribution in [-0.4, -0.2) is 59.0 Å². The number of fused-ring (bicyclic) bond motifs is 3. The van der Waals surface area contributed by atoms with E-state index >= 15 is 0 Å². The summed E-state index contributed by atoms with van der Waals surface area (Å²) in [7, 11) is 0. The first-order chi connectivity index (χ1) is 13.6. The summed E-state index contributed by atoms with van der Waals surface area (Å²) in [6, 6.07) is 7.88. The maximum Gasteiger partial charge on any atom is 0.272 e. The molecule has 1 saturated heterocycles. The van der Waals surface area contributed by atoms with E-state index < -0.39 is 5.91 Å². The average molecular weight is 419 g/mol. The zero-order chi connectivity index (χ0) is 19.5. The van der Waals surface area contributed by atoms with Crippen molar-refractivity contribution in [2.24, 2.45) is 5.73 Å². The number of nitrogens with two attached hydrogens (primary N) is 1. The van der Waals surface area contributed by atoms with Gasteiger partial charge in [0.25, 0.3) is 5.56 Å². The minimum Gasteiger partial charge on any atom is -0.379 e. The predicted molar refractivity (Wildman–Crippen MR) is 113 cm³/mol. The highest BCUT2D eigenvalue weighted by Gasteiger charge is 2.17. The van der Waals surface area contributed by atoms with Gasteiger partial charge in [-0.1, -0.05) is 30.0 Å². The number of hydrogen-bond acceptors (Lipinski definition) is 7. The van der Waals surface area contributed by atoms with Crippen molar-refractivity contribution in [2.75, 3.05) is 38.6 Å². The van der Waals surface area contributed by atoms with Crippen LogP contribution in [0.4, 0.5) is 0 Å². The fourth-order valence-electron chi connectivity index (χ4n) is 3.37. The third-order valence-corrected chi connectivity index (χ3v) is 6.90. The number of amides is 1. The first-order valence-electron chi connectivity index (χ1n) is 9.27. The van der Waals surface area contributed by atoms with Crippen LogP contribution in [0.25, 0.3) is 20.3 Å². The standard InChI is InChI=1S/C19H22N4O3S2/c20-15(24)12-27-19-21-16-13-4-1-2-5-14(13)28-17(16)18(25)23(19)7-3-6-22-8-10-26-11-9-22/h1-2,4-5H,3,6-12H2,(H2,20,24). The molecule has 9 heteroatoms. The molecule has 0 bridgehead atoms. The van der Waals surface area contributed by atoms with Crippen LogP contribution in [-0.2, 0) is 16.1 Å². The molecule has 0 unspecified atom stereocenters. The highest BCUT2D eigenvalue weighted by Crippen LogP contribution is 2.31. The van der Waals surface area contributed by atoms with Crippen molar-refractivity contribution in [1.82, 2.24) is 14.5 Å². The van der Waals surface area contributed by atoms with Crippen molar-refractivity contribution in [1.29, 1.82) is 0 Å². The molecule has 0 spiro atoms. The Morgan fingerprint density at radius 3 is 2.82 bits per heavy atom. The maximum absolute atomic E-state index is 13.2. The van der Waals surface area contributed by atoms with Crippen molar-refractivity contribution < 1.29 is 9.53 Å². The van der Waals surface area contributed by atoms with E-state index in [2.05, 4.69) is 4.90 Å². The molecule has 2 N–H and O–H groups in total. The van der Waals surface area contributed by atoms with E-state index in [0.29, 0.717) is 21.9 Å². The van der Waals surface area contributed by atoms with Crippen molar-refractivity contribution >= 4 is 49.3 Å². The minimum absolute atomic E-state index is 0.0415. The van der Waals surface area contributed by atoms with Crippen molar-refractivity contribution in [3.63, 3.8) is 0 Å². The normalized spacial score (nSPS) is 15.4. The van der Waals surface area contributed by atoms with Crippen LogP contribution >= 0.6 is 23.1 Å². The molecule has 0 aliphatic carbocycles. The van der Waals surface area contributed by atoms with E-state index in [1.807, 2.05) is 24.3 Å². The zero-order valence-corrected chi connectivity index (χ0v) is 17.1. The Balaban J connectivity index is 1.66. The third-order valence-electron chi connectivity index (χ3n) is 4.75. The Labute approximate surface area is 170 Å². The molecule has 2 aromatic heterocycles. The third kappa shape index (κ3) is 4.07. The lowest BCUT2D eigenvalue weighted by atomic mass is 10.2. The number of primary amides is 1. The molecule has 1 amide bonds. The molecule has 7 nitrogen and oxygen atoms in total. The van der Waals surface area contributed by atoms with Gasteiger partial charge in [-0.2, -0.15) is 0 Å². The molecule has 0 atom stereocenters. The summed E-state index contributed by atoms with van der Waals surface area (Å²) in [5.74, 6) is -0.321. The minimum atomic E-state index is -0.422. The second-order valence-corrected chi connectivity index (χ2v) is 8.68. The lowest BCUT2D eigenvalue weighted by Crippen LogP contribution is -2.37. The number of thiophene rings is 1. The Kier molecular flexibility index (Phi) is 5.96. The van der Waals surface area contributed by atoms with Gasteiger partial charge in [0.2, 0.25) is 5.91 Å². The average Bonchev–Trinajstić information content (AvgIpc) is 3.08. The molecule has 3 heterocycles. The fraction of sp³-hybridized carbons (Fsp3) is 0.421. The SMILES string of the molecule is NC(=O)CSc1nc2c(sc3ccccc32)c(=O)n1CCCN1CCOCC1. The van der Waals surface area contributed by atoms with E-state index in [0.717, 1.165) is 49.4 Å². The Hall–Kier alpha value is -1.94. The Morgan fingerprint density at radius 2 is 2.04 bits per heavy atom. The number of aromatic nitrogens is 2. The van der Waals surface area contributed by atoms with E-state index in [1.165, 1.54) is 23.1 Å². The molecule has 1 aliphatic rings. The first-order valence-corrected chi connectivity index (χ1v) is 11.1. The zero-order valence-electron chi connectivity index (χ0n) is 15.4. The van der Waals surface area contributed by atoms with E-state index in [4.69, 9.17) is 15.5 Å². The molecule has 4 rings (SSSR count). The Bertz CT molecular complexity index is 1060. The Morgan fingerprint density at radius 1 is 1.25 bits per heavy atom. The van der Waals surface area contributed by atoms with Gasteiger partial charge in [0.1, 0.15) is 4.70 Å². The van der Waals surface area contributed by atoms with Crippen molar-refractivity contribution in [3.05, 3.63) is 34.6 Å². The van der Waals surface area contributed by atoms with Crippen LogP contribution in [0.15, 0.2) is 34.2 Å². The second-order valence-electron chi connectivity index (χ2n) is 6.69. The van der Waals surface area contributed by atoms with Crippen molar-refractivity contribution in [2.45, 2.75) is 18.1 Å². The molecule has 3 aromatic rings. The smallest absolute Gasteiger partial charge is 0.272 e. The van der Waals surface area contributed by atoms with Gasteiger partial charge in [-0.3, -0.25) is 19.1 Å². The molecule has 1 aliphatic heterocycles. The van der Waals surface area contributed by atoms with E-state index in [9.17, 15) is 9.59 Å². The van der Waals surface area contributed by atoms with Crippen LogP contribution in [0.5, 0.6) is 0 Å². The van der Waals surface area contributed by atoms with Gasteiger partial charge in [-0.05, 0) is 12.5 Å². The van der Waals surface area contributed by atoms with Gasteiger partial charge < -0.3 is 10.5 Å². The lowest BCUT2D eigenvalue weighted by Gasteiger charge is -2.26. The summed E-state index contributed by atoms with van der Waals surface area (Å²) in [5.41, 5.74) is 5.99. The van der Waals surface area contributed by atoms with Gasteiger partial charge in [-0.15, -0.1) is 11.3 Å². The van der Waals surface area contributed by atoms with Crippen LogP contribution in [0, 0.1) is 0 Å². The predicted octanol–water partition coefficient (Wildman–Crippen LogP) is 1.91. The molecule has 1 aromatic carbocycles. The number of rotatable bonds is 7. The first kappa shape index (κ1) is 19.4. The molecular formula is C19H22N4O3S2. The van der Waals surface area contributed by atoms with E-state index in [-0.39, 0.29) is 11.3 Å². The molecule has 148 valence electrons. The van der Waals surface area contributed by atoms with Crippen LogP contribution in [0.2, 0.25) is 0 Å². The number of thioether (sulfide) groups is 1. The van der Waals surface area contributed by atoms with E-state index in [1.54, 1.807) is 4.57 Å². The number of carbonyl (C=O) groups excluding carboxylic acids is 1. The summed E-state index contributed by atoms with van der Waals surface area (Å²) in [5, 5.41) is 1.53. The molecule has 28 heavy (non-hydrogen) atoms. The molecule has 0 radical (unpaired) electrons. The number of morpholine rings is 1. The lowest BCUT2D eigenvalue weighted by molar-refractivity contribution is -0.115. The van der Waals surface area contributed by atoms with Crippen LogP contribution in [0.3, 0.4) is 0 Å². The quantitative estimate of drug-likeness (QED) is 0.466. The van der Waals surface area contributed by atoms with Crippen molar-refractivity contribution in [3.8, 4) is 0 Å². The molecular weight excluding hydrogens is 396 g/mol.